The Bertz CT molecular complexity index is 194. The first kappa shape index (κ1) is 10.5. The van der Waals surface area contributed by atoms with E-state index in [2.05, 4.69) is 4.90 Å². The summed E-state index contributed by atoms with van der Waals surface area (Å²) in [5.41, 5.74) is 0. The Balaban J connectivity index is 2.56. The third-order valence-electron chi connectivity index (χ3n) is 2.47. The first-order chi connectivity index (χ1) is 6.02. The van der Waals surface area contributed by atoms with Gasteiger partial charge in [0.05, 0.1) is 0 Å². The summed E-state index contributed by atoms with van der Waals surface area (Å²) in [7, 11) is 2.04. The van der Waals surface area contributed by atoms with Gasteiger partial charge in [0.1, 0.15) is 6.10 Å². The zero-order valence-corrected chi connectivity index (χ0v) is 8.53. The van der Waals surface area contributed by atoms with E-state index in [0.29, 0.717) is 0 Å². The van der Waals surface area contributed by atoms with Gasteiger partial charge >= 0.3 is 0 Å². The largest absolute Gasteiger partial charge is 0.384 e. The molecule has 0 aromatic heterocycles. The minimum Gasteiger partial charge on any atom is -0.384 e. The number of aliphatic hydroxyl groups is 1. The number of rotatable bonds is 1. The molecule has 0 aromatic rings. The van der Waals surface area contributed by atoms with Crippen LogP contribution >= 0.6 is 0 Å². The number of carbonyl (C=O) groups excluding carboxylic acids is 1. The summed E-state index contributed by atoms with van der Waals surface area (Å²) in [6.07, 6.45) is -0.870. The molecule has 76 valence electrons. The highest BCUT2D eigenvalue weighted by Gasteiger charge is 2.27. The van der Waals surface area contributed by atoms with Crippen molar-refractivity contribution in [3.05, 3.63) is 0 Å². The molecule has 0 bridgehead atoms. The van der Waals surface area contributed by atoms with Crippen molar-refractivity contribution in [1.82, 2.24) is 9.80 Å². The highest BCUT2D eigenvalue weighted by molar-refractivity contribution is 5.80. The summed E-state index contributed by atoms with van der Waals surface area (Å²) in [6.45, 7) is 6.03. The Morgan fingerprint density at radius 3 is 2.62 bits per heavy atom. The Kier molecular flexibility index (Phi) is 3.27. The quantitative estimate of drug-likeness (QED) is 0.602. The Labute approximate surface area is 79.1 Å². The predicted octanol–water partition coefficient (Wildman–Crippen LogP) is -0.470. The summed E-state index contributed by atoms with van der Waals surface area (Å²) >= 11 is 0. The summed E-state index contributed by atoms with van der Waals surface area (Å²) < 4.78 is 0. The summed E-state index contributed by atoms with van der Waals surface area (Å²) in [4.78, 5) is 15.4. The minimum absolute atomic E-state index is 0.152. The van der Waals surface area contributed by atoms with Crippen LogP contribution in [0.2, 0.25) is 0 Å². The average molecular weight is 186 g/mol. The average Bonchev–Trinajstić information content (AvgIpc) is 2.03. The lowest BCUT2D eigenvalue weighted by Gasteiger charge is -2.38. The van der Waals surface area contributed by atoms with Crippen molar-refractivity contribution < 1.29 is 9.90 Å². The molecule has 0 unspecified atom stereocenters. The second-order valence-electron chi connectivity index (χ2n) is 3.82. The van der Waals surface area contributed by atoms with Gasteiger partial charge < -0.3 is 14.9 Å². The van der Waals surface area contributed by atoms with Gasteiger partial charge in [-0.3, -0.25) is 4.79 Å². The zero-order chi connectivity index (χ0) is 10.0. The van der Waals surface area contributed by atoms with Gasteiger partial charge in [-0.25, -0.2) is 0 Å². The summed E-state index contributed by atoms with van der Waals surface area (Å²) in [6, 6.07) is 0.209. The number of aliphatic hydroxyl groups excluding tert-OH is 1. The van der Waals surface area contributed by atoms with E-state index in [4.69, 9.17) is 5.11 Å². The van der Waals surface area contributed by atoms with Crippen molar-refractivity contribution in [3.63, 3.8) is 0 Å². The first-order valence-corrected chi connectivity index (χ1v) is 4.69. The topological polar surface area (TPSA) is 43.8 Å². The van der Waals surface area contributed by atoms with Crippen molar-refractivity contribution in [2.75, 3.05) is 26.7 Å². The smallest absolute Gasteiger partial charge is 0.251 e. The summed E-state index contributed by atoms with van der Waals surface area (Å²) in [5.74, 6) is -0.152. The maximum absolute atomic E-state index is 11.5. The number of nitrogens with zero attached hydrogens (tertiary/aromatic N) is 2. The molecule has 0 radical (unpaired) electrons. The van der Waals surface area contributed by atoms with E-state index in [1.165, 1.54) is 6.92 Å². The van der Waals surface area contributed by atoms with Gasteiger partial charge in [0.25, 0.3) is 5.91 Å². The maximum atomic E-state index is 11.5. The van der Waals surface area contributed by atoms with Crippen molar-refractivity contribution in [1.29, 1.82) is 0 Å². The van der Waals surface area contributed by atoms with E-state index >= 15 is 0 Å². The molecule has 13 heavy (non-hydrogen) atoms. The molecular weight excluding hydrogens is 168 g/mol. The normalized spacial score (nSPS) is 27.4. The van der Waals surface area contributed by atoms with Crippen LogP contribution in [0.1, 0.15) is 13.8 Å². The van der Waals surface area contributed by atoms with Crippen LogP contribution in [0.3, 0.4) is 0 Å². The fourth-order valence-corrected chi connectivity index (χ4v) is 1.71. The molecule has 1 aliphatic heterocycles. The van der Waals surface area contributed by atoms with Gasteiger partial charge in [-0.2, -0.15) is 0 Å². The number of amides is 1. The summed E-state index contributed by atoms with van der Waals surface area (Å²) in [5, 5.41) is 9.15. The minimum atomic E-state index is -0.870. The van der Waals surface area contributed by atoms with Crippen LogP contribution in [0.4, 0.5) is 0 Å². The third-order valence-corrected chi connectivity index (χ3v) is 2.47. The molecule has 0 aromatic carbocycles. The van der Waals surface area contributed by atoms with Crippen LogP contribution in [-0.2, 0) is 4.79 Å². The number of hydrogen-bond donors (Lipinski definition) is 1. The van der Waals surface area contributed by atoms with Crippen LogP contribution in [0, 0.1) is 0 Å². The van der Waals surface area contributed by atoms with Crippen molar-refractivity contribution >= 4 is 5.91 Å². The molecule has 1 N–H and O–H groups in total. The highest BCUT2D eigenvalue weighted by Crippen LogP contribution is 2.09. The van der Waals surface area contributed by atoms with Gasteiger partial charge in [-0.15, -0.1) is 0 Å². The molecule has 4 nitrogen and oxygen atoms in total. The van der Waals surface area contributed by atoms with Crippen molar-refractivity contribution in [3.8, 4) is 0 Å². The van der Waals surface area contributed by atoms with E-state index in [0.717, 1.165) is 19.6 Å². The first-order valence-electron chi connectivity index (χ1n) is 4.69. The molecule has 4 heteroatoms. The molecule has 1 saturated heterocycles. The molecule has 1 fully saturated rings. The molecule has 0 aliphatic carbocycles. The molecular formula is C9H18N2O2. The van der Waals surface area contributed by atoms with E-state index in [1.54, 1.807) is 4.90 Å². The maximum Gasteiger partial charge on any atom is 0.251 e. The van der Waals surface area contributed by atoms with Crippen molar-refractivity contribution in [2.24, 2.45) is 0 Å². The fraction of sp³-hybridized carbons (Fsp3) is 0.889. The second-order valence-corrected chi connectivity index (χ2v) is 3.82. The molecule has 1 rings (SSSR count). The molecule has 1 heterocycles. The molecule has 1 aliphatic rings. The number of piperazine rings is 1. The lowest BCUT2D eigenvalue weighted by Crippen LogP contribution is -2.54. The van der Waals surface area contributed by atoms with Crippen LogP contribution in [-0.4, -0.2) is 59.6 Å². The monoisotopic (exact) mass is 186 g/mol. The van der Waals surface area contributed by atoms with Gasteiger partial charge in [0.2, 0.25) is 0 Å². The third kappa shape index (κ3) is 2.42. The Hall–Kier alpha value is -0.610. The molecule has 0 spiro atoms. The molecule has 2 atom stereocenters. The standard InChI is InChI=1S/C9H18N2O2/c1-7-6-10(3)4-5-11(7)9(13)8(2)12/h7-8,12H,4-6H2,1-3H3/t7-,8-/m1/s1. The lowest BCUT2D eigenvalue weighted by atomic mass is 10.2. The van der Waals surface area contributed by atoms with Gasteiger partial charge in [-0.05, 0) is 20.9 Å². The van der Waals surface area contributed by atoms with Gasteiger partial charge in [0, 0.05) is 25.7 Å². The zero-order valence-electron chi connectivity index (χ0n) is 8.53. The predicted molar refractivity (Wildman–Crippen MR) is 50.4 cm³/mol. The van der Waals surface area contributed by atoms with Crippen LogP contribution < -0.4 is 0 Å². The van der Waals surface area contributed by atoms with E-state index in [1.807, 2.05) is 14.0 Å². The van der Waals surface area contributed by atoms with E-state index in [9.17, 15) is 4.79 Å². The van der Waals surface area contributed by atoms with Crippen LogP contribution in [0.25, 0.3) is 0 Å². The SMILES string of the molecule is C[C@@H]1CN(C)CCN1C(=O)[C@@H](C)O. The molecule has 0 saturated carbocycles. The van der Waals surface area contributed by atoms with Gasteiger partial charge in [0.15, 0.2) is 0 Å². The van der Waals surface area contributed by atoms with Crippen molar-refractivity contribution in [2.45, 2.75) is 26.0 Å². The second kappa shape index (κ2) is 4.07. The Morgan fingerprint density at radius 2 is 2.15 bits per heavy atom. The van der Waals surface area contributed by atoms with E-state index in [-0.39, 0.29) is 11.9 Å². The fourth-order valence-electron chi connectivity index (χ4n) is 1.71. The number of hydrogen-bond acceptors (Lipinski definition) is 3. The lowest BCUT2D eigenvalue weighted by molar-refractivity contribution is -0.143. The van der Waals surface area contributed by atoms with Crippen LogP contribution in [0.5, 0.6) is 0 Å². The van der Waals surface area contributed by atoms with E-state index < -0.39 is 6.10 Å². The highest BCUT2D eigenvalue weighted by atomic mass is 16.3. The number of carbonyl (C=O) groups is 1. The molecule has 1 amide bonds. The van der Waals surface area contributed by atoms with Crippen LogP contribution in [0.15, 0.2) is 0 Å². The number of likely N-dealkylation sites (N-methyl/N-ethyl adjacent to an activating group) is 1. The Morgan fingerprint density at radius 1 is 1.54 bits per heavy atom. The van der Waals surface area contributed by atoms with Gasteiger partial charge in [-0.1, -0.05) is 0 Å².